The number of anilines is 1. The van der Waals surface area contributed by atoms with Gasteiger partial charge in [0, 0.05) is 12.2 Å². The first-order valence-electron chi connectivity index (χ1n) is 10.1. The Labute approximate surface area is 187 Å². The summed E-state index contributed by atoms with van der Waals surface area (Å²) in [5, 5.41) is 2.78. The summed E-state index contributed by atoms with van der Waals surface area (Å²) in [5.41, 5.74) is 3.21. The van der Waals surface area contributed by atoms with Crippen molar-refractivity contribution >= 4 is 21.6 Å². The van der Waals surface area contributed by atoms with E-state index in [0.717, 1.165) is 16.8 Å². The van der Waals surface area contributed by atoms with Gasteiger partial charge < -0.3 is 10.1 Å². The lowest BCUT2D eigenvalue weighted by Crippen LogP contribution is -2.27. The number of ether oxygens (including phenoxy) is 1. The maximum absolute atomic E-state index is 12.9. The molecular formula is C24H25FN2O4S. The van der Waals surface area contributed by atoms with Crippen LogP contribution in [0.3, 0.4) is 0 Å². The van der Waals surface area contributed by atoms with Crippen molar-refractivity contribution in [2.45, 2.75) is 19.1 Å². The van der Waals surface area contributed by atoms with Crippen molar-refractivity contribution in [1.29, 1.82) is 0 Å². The van der Waals surface area contributed by atoms with Gasteiger partial charge in [-0.25, -0.2) is 17.5 Å². The SMILES string of the molecule is Cc1cccc(NC(=O)COc2ccc(CCNS(=O)(=O)Cc3ccc(F)cc3)cc2)c1. The minimum absolute atomic E-state index is 0.115. The lowest BCUT2D eigenvalue weighted by Gasteiger charge is -2.09. The molecule has 0 spiro atoms. The summed E-state index contributed by atoms with van der Waals surface area (Å²) in [6, 6.07) is 20.0. The fourth-order valence-corrected chi connectivity index (χ4v) is 4.17. The molecule has 0 fully saturated rings. The van der Waals surface area contributed by atoms with E-state index in [1.165, 1.54) is 24.3 Å². The molecule has 3 aromatic rings. The van der Waals surface area contributed by atoms with Crippen LogP contribution in [0.5, 0.6) is 5.75 Å². The monoisotopic (exact) mass is 456 g/mol. The molecule has 6 nitrogen and oxygen atoms in total. The normalized spacial score (nSPS) is 11.2. The summed E-state index contributed by atoms with van der Waals surface area (Å²) < 4.78 is 45.3. The van der Waals surface area contributed by atoms with Crippen LogP contribution in [0.2, 0.25) is 0 Å². The molecule has 0 atom stereocenters. The molecule has 0 saturated heterocycles. The van der Waals surface area contributed by atoms with Gasteiger partial charge in [0.15, 0.2) is 6.61 Å². The lowest BCUT2D eigenvalue weighted by molar-refractivity contribution is -0.118. The number of halogens is 1. The van der Waals surface area contributed by atoms with E-state index in [4.69, 9.17) is 4.74 Å². The second-order valence-corrected chi connectivity index (χ2v) is 9.19. The fraction of sp³-hybridized carbons (Fsp3) is 0.208. The molecule has 0 unspecified atom stereocenters. The van der Waals surface area contributed by atoms with Crippen molar-refractivity contribution in [3.05, 3.63) is 95.3 Å². The van der Waals surface area contributed by atoms with Crippen molar-refractivity contribution in [3.63, 3.8) is 0 Å². The van der Waals surface area contributed by atoms with Crippen LogP contribution in [0.4, 0.5) is 10.1 Å². The molecule has 2 N–H and O–H groups in total. The third kappa shape index (κ3) is 7.79. The van der Waals surface area contributed by atoms with Gasteiger partial charge in [-0.3, -0.25) is 4.79 Å². The number of nitrogens with one attached hydrogen (secondary N) is 2. The van der Waals surface area contributed by atoms with E-state index in [9.17, 15) is 17.6 Å². The van der Waals surface area contributed by atoms with Crippen molar-refractivity contribution in [3.8, 4) is 5.75 Å². The van der Waals surface area contributed by atoms with Gasteiger partial charge in [-0.05, 0) is 66.4 Å². The summed E-state index contributed by atoms with van der Waals surface area (Å²) in [6.07, 6.45) is 0.497. The van der Waals surface area contributed by atoms with E-state index in [2.05, 4.69) is 10.0 Å². The first-order valence-corrected chi connectivity index (χ1v) is 11.7. The summed E-state index contributed by atoms with van der Waals surface area (Å²) in [7, 11) is -3.51. The minimum atomic E-state index is -3.51. The highest BCUT2D eigenvalue weighted by Gasteiger charge is 2.11. The van der Waals surface area contributed by atoms with Crippen LogP contribution in [-0.2, 0) is 27.0 Å². The van der Waals surface area contributed by atoms with Crippen LogP contribution < -0.4 is 14.8 Å². The second kappa shape index (κ2) is 10.9. The molecular weight excluding hydrogens is 431 g/mol. The predicted octanol–water partition coefficient (Wildman–Crippen LogP) is 3.81. The number of carbonyl (C=O) groups excluding carboxylic acids is 1. The Morgan fingerprint density at radius 1 is 0.969 bits per heavy atom. The third-order valence-electron chi connectivity index (χ3n) is 4.60. The number of hydrogen-bond acceptors (Lipinski definition) is 4. The van der Waals surface area contributed by atoms with Gasteiger partial charge in [0.05, 0.1) is 5.75 Å². The second-order valence-electron chi connectivity index (χ2n) is 7.38. The highest BCUT2D eigenvalue weighted by atomic mass is 32.2. The molecule has 3 aromatic carbocycles. The molecule has 0 aliphatic carbocycles. The summed E-state index contributed by atoms with van der Waals surface area (Å²) in [6.45, 7) is 2.07. The Balaban J connectivity index is 1.41. The van der Waals surface area contributed by atoms with Crippen molar-refractivity contribution < 1.29 is 22.3 Å². The molecule has 168 valence electrons. The van der Waals surface area contributed by atoms with Gasteiger partial charge in [-0.1, -0.05) is 36.4 Å². The number of benzene rings is 3. The van der Waals surface area contributed by atoms with E-state index >= 15 is 0 Å². The van der Waals surface area contributed by atoms with Gasteiger partial charge in [0.25, 0.3) is 5.91 Å². The van der Waals surface area contributed by atoms with Crippen molar-refractivity contribution in [1.82, 2.24) is 4.72 Å². The zero-order chi connectivity index (χ0) is 23.0. The Morgan fingerprint density at radius 3 is 2.34 bits per heavy atom. The van der Waals surface area contributed by atoms with E-state index in [0.29, 0.717) is 17.7 Å². The number of amides is 1. The van der Waals surface area contributed by atoms with Gasteiger partial charge in [0.2, 0.25) is 10.0 Å². The molecule has 0 saturated carbocycles. The Morgan fingerprint density at radius 2 is 1.66 bits per heavy atom. The maximum Gasteiger partial charge on any atom is 0.262 e. The molecule has 0 aliphatic heterocycles. The number of rotatable bonds is 10. The number of sulfonamides is 1. The number of hydrogen-bond donors (Lipinski definition) is 2. The Kier molecular flexibility index (Phi) is 7.97. The van der Waals surface area contributed by atoms with E-state index in [-0.39, 0.29) is 24.8 Å². The van der Waals surface area contributed by atoms with Gasteiger partial charge >= 0.3 is 0 Å². The lowest BCUT2D eigenvalue weighted by atomic mass is 10.1. The van der Waals surface area contributed by atoms with Crippen LogP contribution in [0.15, 0.2) is 72.8 Å². The molecule has 0 radical (unpaired) electrons. The maximum atomic E-state index is 12.9. The zero-order valence-corrected chi connectivity index (χ0v) is 18.5. The molecule has 0 aromatic heterocycles. The Bertz CT molecular complexity index is 1150. The largest absolute Gasteiger partial charge is 0.484 e. The molecule has 1 amide bonds. The van der Waals surface area contributed by atoms with Crippen LogP contribution >= 0.6 is 0 Å². The fourth-order valence-electron chi connectivity index (χ4n) is 3.02. The van der Waals surface area contributed by atoms with E-state index in [1.807, 2.05) is 43.3 Å². The summed E-state index contributed by atoms with van der Waals surface area (Å²) in [5.74, 6) is -0.316. The van der Waals surface area contributed by atoms with Gasteiger partial charge in [-0.15, -0.1) is 0 Å². The molecule has 0 aliphatic rings. The van der Waals surface area contributed by atoms with Gasteiger partial charge in [-0.2, -0.15) is 0 Å². The zero-order valence-electron chi connectivity index (χ0n) is 17.7. The van der Waals surface area contributed by atoms with Crippen molar-refractivity contribution in [2.75, 3.05) is 18.5 Å². The first-order chi connectivity index (χ1) is 15.3. The van der Waals surface area contributed by atoms with Crippen LogP contribution in [0.1, 0.15) is 16.7 Å². The van der Waals surface area contributed by atoms with E-state index in [1.54, 1.807) is 12.1 Å². The average Bonchev–Trinajstić information content (AvgIpc) is 2.74. The van der Waals surface area contributed by atoms with Crippen molar-refractivity contribution in [2.24, 2.45) is 0 Å². The predicted molar refractivity (Wildman–Crippen MR) is 122 cm³/mol. The first kappa shape index (κ1) is 23.4. The highest BCUT2D eigenvalue weighted by molar-refractivity contribution is 7.88. The number of aryl methyl sites for hydroxylation is 1. The highest BCUT2D eigenvalue weighted by Crippen LogP contribution is 2.14. The molecule has 32 heavy (non-hydrogen) atoms. The van der Waals surface area contributed by atoms with Crippen LogP contribution in [0, 0.1) is 12.7 Å². The molecule has 0 heterocycles. The van der Waals surface area contributed by atoms with Crippen LogP contribution in [0.25, 0.3) is 0 Å². The smallest absolute Gasteiger partial charge is 0.262 e. The topological polar surface area (TPSA) is 84.5 Å². The minimum Gasteiger partial charge on any atom is -0.484 e. The van der Waals surface area contributed by atoms with Gasteiger partial charge in [0.1, 0.15) is 11.6 Å². The standard InChI is InChI=1S/C24H25FN2O4S/c1-18-3-2-4-22(15-18)27-24(28)16-31-23-11-7-19(8-12-23)13-14-26-32(29,30)17-20-5-9-21(25)10-6-20/h2-12,15,26H,13-14,16-17H2,1H3,(H,27,28). The van der Waals surface area contributed by atoms with E-state index < -0.39 is 15.8 Å². The summed E-state index contributed by atoms with van der Waals surface area (Å²) >= 11 is 0. The van der Waals surface area contributed by atoms with Crippen LogP contribution in [-0.4, -0.2) is 27.5 Å². The molecule has 3 rings (SSSR count). The molecule has 8 heteroatoms. The average molecular weight is 457 g/mol. The Hall–Kier alpha value is -3.23. The molecule has 0 bridgehead atoms. The summed E-state index contributed by atoms with van der Waals surface area (Å²) in [4.78, 5) is 12.0. The third-order valence-corrected chi connectivity index (χ3v) is 5.96. The number of carbonyl (C=O) groups is 1. The quantitative estimate of drug-likeness (QED) is 0.486.